The molecule has 2 heterocycles. The standard InChI is InChI=1S/C12H22N4/c1-10(12-6-7-14-16(12)3)13-9-11-5-4-8-15(11)2/h6-7,10-11,13H,4-5,8-9H2,1-3H3. The molecule has 1 aliphatic heterocycles. The van der Waals surface area contributed by atoms with Crippen molar-refractivity contribution in [1.29, 1.82) is 0 Å². The van der Waals surface area contributed by atoms with Crippen LogP contribution in [0.15, 0.2) is 12.3 Å². The number of aryl methyl sites for hydroxylation is 1. The van der Waals surface area contributed by atoms with Crippen LogP contribution in [0, 0.1) is 0 Å². The summed E-state index contributed by atoms with van der Waals surface area (Å²) in [5.41, 5.74) is 1.25. The van der Waals surface area contributed by atoms with Crippen LogP contribution in [0.2, 0.25) is 0 Å². The van der Waals surface area contributed by atoms with Crippen molar-refractivity contribution in [1.82, 2.24) is 20.0 Å². The summed E-state index contributed by atoms with van der Waals surface area (Å²) in [6.07, 6.45) is 4.51. The Morgan fingerprint density at radius 2 is 2.38 bits per heavy atom. The number of nitrogens with zero attached hydrogens (tertiary/aromatic N) is 3. The quantitative estimate of drug-likeness (QED) is 0.830. The van der Waals surface area contributed by atoms with Crippen LogP contribution in [0.3, 0.4) is 0 Å². The topological polar surface area (TPSA) is 33.1 Å². The number of rotatable bonds is 4. The lowest BCUT2D eigenvalue weighted by molar-refractivity contribution is 0.292. The Hall–Kier alpha value is -0.870. The van der Waals surface area contributed by atoms with Crippen LogP contribution in [-0.2, 0) is 7.05 Å². The predicted octanol–water partition coefficient (Wildman–Crippen LogP) is 1.16. The first-order chi connectivity index (χ1) is 7.68. The van der Waals surface area contributed by atoms with Gasteiger partial charge in [0.15, 0.2) is 0 Å². The molecule has 4 nitrogen and oxygen atoms in total. The number of hydrogen-bond donors (Lipinski definition) is 1. The Morgan fingerprint density at radius 1 is 1.56 bits per heavy atom. The molecule has 90 valence electrons. The largest absolute Gasteiger partial charge is 0.307 e. The highest BCUT2D eigenvalue weighted by molar-refractivity contribution is 5.05. The molecule has 0 spiro atoms. The Labute approximate surface area is 97.6 Å². The van der Waals surface area contributed by atoms with Crippen molar-refractivity contribution in [2.45, 2.75) is 31.8 Å². The second-order valence-corrected chi connectivity index (χ2v) is 4.79. The van der Waals surface area contributed by atoms with Crippen LogP contribution in [0.5, 0.6) is 0 Å². The highest BCUT2D eigenvalue weighted by Crippen LogP contribution is 2.16. The number of nitrogens with one attached hydrogen (secondary N) is 1. The second-order valence-electron chi connectivity index (χ2n) is 4.79. The van der Waals surface area contributed by atoms with Gasteiger partial charge in [0.25, 0.3) is 0 Å². The molecule has 2 rings (SSSR count). The third-order valence-electron chi connectivity index (χ3n) is 3.63. The summed E-state index contributed by atoms with van der Waals surface area (Å²) < 4.78 is 1.94. The zero-order valence-electron chi connectivity index (χ0n) is 10.5. The van der Waals surface area contributed by atoms with E-state index in [-0.39, 0.29) is 0 Å². The summed E-state index contributed by atoms with van der Waals surface area (Å²) in [7, 11) is 4.21. The molecule has 0 amide bonds. The molecule has 1 aliphatic rings. The summed E-state index contributed by atoms with van der Waals surface area (Å²) in [6, 6.07) is 3.16. The zero-order chi connectivity index (χ0) is 11.5. The molecule has 1 fully saturated rings. The van der Waals surface area contributed by atoms with Gasteiger partial charge in [-0.05, 0) is 39.4 Å². The molecule has 0 radical (unpaired) electrons. The van der Waals surface area contributed by atoms with Crippen LogP contribution >= 0.6 is 0 Å². The van der Waals surface area contributed by atoms with E-state index in [1.165, 1.54) is 25.1 Å². The molecule has 0 aliphatic carbocycles. The van der Waals surface area contributed by atoms with Gasteiger partial charge in [0.05, 0.1) is 5.69 Å². The molecule has 1 aromatic heterocycles. The minimum Gasteiger partial charge on any atom is -0.307 e. The van der Waals surface area contributed by atoms with Crippen molar-refractivity contribution in [2.75, 3.05) is 20.1 Å². The van der Waals surface area contributed by atoms with Gasteiger partial charge in [0.1, 0.15) is 0 Å². The monoisotopic (exact) mass is 222 g/mol. The maximum absolute atomic E-state index is 4.20. The third-order valence-corrected chi connectivity index (χ3v) is 3.63. The molecule has 1 saturated heterocycles. The molecule has 2 atom stereocenters. The Bertz CT molecular complexity index is 334. The predicted molar refractivity (Wildman–Crippen MR) is 65.3 cm³/mol. The molecule has 0 bridgehead atoms. The summed E-state index contributed by atoms with van der Waals surface area (Å²) in [5.74, 6) is 0. The summed E-state index contributed by atoms with van der Waals surface area (Å²) >= 11 is 0. The highest BCUT2D eigenvalue weighted by atomic mass is 15.3. The van der Waals surface area contributed by atoms with E-state index >= 15 is 0 Å². The van der Waals surface area contributed by atoms with Gasteiger partial charge < -0.3 is 10.2 Å². The van der Waals surface area contributed by atoms with E-state index in [9.17, 15) is 0 Å². The van der Waals surface area contributed by atoms with Crippen LogP contribution in [-0.4, -0.2) is 40.9 Å². The summed E-state index contributed by atoms with van der Waals surface area (Å²) in [5, 5.41) is 7.79. The number of likely N-dealkylation sites (N-methyl/N-ethyl adjacent to an activating group) is 1. The van der Waals surface area contributed by atoms with Gasteiger partial charge in [-0.3, -0.25) is 4.68 Å². The highest BCUT2D eigenvalue weighted by Gasteiger charge is 2.21. The van der Waals surface area contributed by atoms with Crippen molar-refractivity contribution in [3.8, 4) is 0 Å². The van der Waals surface area contributed by atoms with E-state index in [1.807, 2.05) is 17.9 Å². The summed E-state index contributed by atoms with van der Waals surface area (Å²) in [6.45, 7) is 4.52. The van der Waals surface area contributed by atoms with E-state index in [0.717, 1.165) is 6.54 Å². The summed E-state index contributed by atoms with van der Waals surface area (Å²) in [4.78, 5) is 2.45. The van der Waals surface area contributed by atoms with Crippen LogP contribution in [0.25, 0.3) is 0 Å². The van der Waals surface area contributed by atoms with Crippen LogP contribution in [0.4, 0.5) is 0 Å². The SMILES string of the molecule is CC(NCC1CCCN1C)c1ccnn1C. The minimum atomic E-state index is 0.376. The number of aromatic nitrogens is 2. The van der Waals surface area contributed by atoms with Gasteiger partial charge in [-0.2, -0.15) is 5.10 Å². The first kappa shape index (κ1) is 11.6. The Kier molecular flexibility index (Phi) is 3.61. The van der Waals surface area contributed by atoms with Gasteiger partial charge in [-0.15, -0.1) is 0 Å². The van der Waals surface area contributed by atoms with Crippen LogP contribution in [0.1, 0.15) is 31.5 Å². The second kappa shape index (κ2) is 4.97. The first-order valence-corrected chi connectivity index (χ1v) is 6.10. The van der Waals surface area contributed by atoms with Crippen molar-refractivity contribution >= 4 is 0 Å². The average Bonchev–Trinajstić information content (AvgIpc) is 2.84. The number of likely N-dealkylation sites (tertiary alicyclic amines) is 1. The van der Waals surface area contributed by atoms with Gasteiger partial charge in [0.2, 0.25) is 0 Å². The molecule has 0 aromatic carbocycles. The fourth-order valence-corrected chi connectivity index (χ4v) is 2.46. The maximum atomic E-state index is 4.20. The maximum Gasteiger partial charge on any atom is 0.0547 e. The molecule has 0 saturated carbocycles. The fourth-order valence-electron chi connectivity index (χ4n) is 2.46. The molecule has 1 aromatic rings. The van der Waals surface area contributed by atoms with Gasteiger partial charge >= 0.3 is 0 Å². The molecule has 1 N–H and O–H groups in total. The van der Waals surface area contributed by atoms with Gasteiger partial charge in [-0.25, -0.2) is 0 Å². The van der Waals surface area contributed by atoms with E-state index in [2.05, 4.69) is 35.4 Å². The first-order valence-electron chi connectivity index (χ1n) is 6.10. The minimum absolute atomic E-state index is 0.376. The van der Waals surface area contributed by atoms with Crippen LogP contribution < -0.4 is 5.32 Å². The Morgan fingerprint density at radius 3 is 2.94 bits per heavy atom. The average molecular weight is 222 g/mol. The van der Waals surface area contributed by atoms with Crippen molar-refractivity contribution in [3.63, 3.8) is 0 Å². The lowest BCUT2D eigenvalue weighted by Gasteiger charge is -2.22. The molecular weight excluding hydrogens is 200 g/mol. The smallest absolute Gasteiger partial charge is 0.0547 e. The number of hydrogen-bond acceptors (Lipinski definition) is 3. The van der Waals surface area contributed by atoms with Crippen molar-refractivity contribution in [2.24, 2.45) is 7.05 Å². The molecule has 16 heavy (non-hydrogen) atoms. The van der Waals surface area contributed by atoms with Gasteiger partial charge in [0, 0.05) is 31.9 Å². The zero-order valence-corrected chi connectivity index (χ0v) is 10.5. The molecule has 4 heteroatoms. The molecule has 2 unspecified atom stereocenters. The van der Waals surface area contributed by atoms with E-state index < -0.39 is 0 Å². The van der Waals surface area contributed by atoms with Gasteiger partial charge in [-0.1, -0.05) is 0 Å². The van der Waals surface area contributed by atoms with Crippen molar-refractivity contribution in [3.05, 3.63) is 18.0 Å². The van der Waals surface area contributed by atoms with E-state index in [4.69, 9.17) is 0 Å². The Balaban J connectivity index is 1.84. The fraction of sp³-hybridized carbons (Fsp3) is 0.750. The van der Waals surface area contributed by atoms with E-state index in [1.54, 1.807) is 0 Å². The van der Waals surface area contributed by atoms with E-state index in [0.29, 0.717) is 12.1 Å². The molecular formula is C12H22N4. The third kappa shape index (κ3) is 2.44. The van der Waals surface area contributed by atoms with Crippen molar-refractivity contribution < 1.29 is 0 Å². The lowest BCUT2D eigenvalue weighted by Crippen LogP contribution is -2.36. The normalized spacial score (nSPS) is 23.8. The lowest BCUT2D eigenvalue weighted by atomic mass is 10.2.